The normalized spacial score (nSPS) is 11.8. The third-order valence-corrected chi connectivity index (χ3v) is 5.08. The molecule has 3 heterocycles. The Hall–Kier alpha value is -1.65. The van der Waals surface area contributed by atoms with Crippen LogP contribution in [0.25, 0.3) is 4.96 Å². The van der Waals surface area contributed by atoms with E-state index >= 15 is 0 Å². The number of sulfonamides is 1. The summed E-state index contributed by atoms with van der Waals surface area (Å²) in [5.41, 5.74) is 5.69. The van der Waals surface area contributed by atoms with Gasteiger partial charge < -0.3 is 5.73 Å². The zero-order chi connectivity index (χ0) is 14.3. The van der Waals surface area contributed by atoms with Gasteiger partial charge in [-0.3, -0.25) is 9.12 Å². The van der Waals surface area contributed by atoms with Gasteiger partial charge in [0.15, 0.2) is 10.8 Å². The molecule has 0 saturated heterocycles. The maximum Gasteiger partial charge on any atom is 0.282 e. The van der Waals surface area contributed by atoms with Gasteiger partial charge in [-0.15, -0.1) is 11.3 Å². The van der Waals surface area contributed by atoms with Gasteiger partial charge in [-0.05, 0) is 28.1 Å². The van der Waals surface area contributed by atoms with Crippen molar-refractivity contribution in [3.63, 3.8) is 0 Å². The van der Waals surface area contributed by atoms with Crippen LogP contribution in [0, 0.1) is 0 Å². The number of nitrogens with one attached hydrogen (secondary N) is 1. The van der Waals surface area contributed by atoms with E-state index in [1.807, 2.05) is 0 Å². The van der Waals surface area contributed by atoms with Gasteiger partial charge in [0.1, 0.15) is 5.82 Å². The molecule has 3 N–H and O–H groups in total. The van der Waals surface area contributed by atoms with E-state index in [9.17, 15) is 8.42 Å². The number of hydrogen-bond acceptors (Lipinski definition) is 6. The number of imidazole rings is 1. The molecule has 3 rings (SSSR count). The minimum absolute atomic E-state index is 0.0403. The van der Waals surface area contributed by atoms with Crippen LogP contribution in [-0.2, 0) is 10.0 Å². The SMILES string of the molecule is Nc1nc2sccn2c1S(=O)(=O)Nc1ccc(Br)cn1. The minimum Gasteiger partial charge on any atom is -0.381 e. The second kappa shape index (κ2) is 4.72. The summed E-state index contributed by atoms with van der Waals surface area (Å²) < 4.78 is 29.3. The molecule has 3 aromatic heterocycles. The van der Waals surface area contributed by atoms with E-state index < -0.39 is 10.0 Å². The number of hydrogen-bond donors (Lipinski definition) is 2. The van der Waals surface area contributed by atoms with E-state index in [-0.39, 0.29) is 16.7 Å². The standard InChI is InChI=1S/C10H8BrN5O2S2/c11-6-1-2-7(13-5-6)15-20(17,18)9-8(12)14-10-16(9)3-4-19-10/h1-5H,12H2,(H,13,15). The Morgan fingerprint density at radius 2 is 2.20 bits per heavy atom. The van der Waals surface area contributed by atoms with Crippen molar-refractivity contribution in [2.24, 2.45) is 0 Å². The van der Waals surface area contributed by atoms with Gasteiger partial charge in [0, 0.05) is 22.2 Å². The molecule has 3 aromatic rings. The lowest BCUT2D eigenvalue weighted by molar-refractivity contribution is 0.597. The first-order chi connectivity index (χ1) is 9.47. The fraction of sp³-hybridized carbons (Fsp3) is 0. The van der Waals surface area contributed by atoms with Gasteiger partial charge in [0.05, 0.1) is 0 Å². The quantitative estimate of drug-likeness (QED) is 0.729. The first-order valence-electron chi connectivity index (χ1n) is 5.33. The highest BCUT2D eigenvalue weighted by Gasteiger charge is 2.24. The highest BCUT2D eigenvalue weighted by molar-refractivity contribution is 9.10. The number of nitrogen functional groups attached to an aromatic ring is 1. The van der Waals surface area contributed by atoms with Crippen LogP contribution >= 0.6 is 27.3 Å². The van der Waals surface area contributed by atoms with Crippen LogP contribution in [0.5, 0.6) is 0 Å². The van der Waals surface area contributed by atoms with Gasteiger partial charge in [0.2, 0.25) is 5.03 Å². The lowest BCUT2D eigenvalue weighted by Gasteiger charge is -2.06. The third kappa shape index (κ3) is 2.25. The number of nitrogens with zero attached hydrogens (tertiary/aromatic N) is 3. The second-order valence-electron chi connectivity index (χ2n) is 3.82. The first-order valence-corrected chi connectivity index (χ1v) is 8.48. The molecule has 7 nitrogen and oxygen atoms in total. The van der Waals surface area contributed by atoms with E-state index in [1.165, 1.54) is 21.9 Å². The topological polar surface area (TPSA) is 102 Å². The Balaban J connectivity index is 2.05. The zero-order valence-corrected chi connectivity index (χ0v) is 13.0. The van der Waals surface area contributed by atoms with Crippen LogP contribution in [0.1, 0.15) is 0 Å². The van der Waals surface area contributed by atoms with Crippen molar-refractivity contribution in [3.8, 4) is 0 Å². The van der Waals surface area contributed by atoms with Crippen molar-refractivity contribution >= 4 is 53.9 Å². The van der Waals surface area contributed by atoms with Gasteiger partial charge in [0.25, 0.3) is 10.0 Å². The average molecular weight is 374 g/mol. The average Bonchev–Trinajstić information content (AvgIpc) is 2.91. The molecule has 0 atom stereocenters. The molecule has 0 aliphatic carbocycles. The van der Waals surface area contributed by atoms with Gasteiger partial charge in [-0.1, -0.05) is 0 Å². The number of aromatic nitrogens is 3. The summed E-state index contributed by atoms with van der Waals surface area (Å²) in [4.78, 5) is 8.49. The van der Waals surface area contributed by atoms with Crippen LogP contribution < -0.4 is 10.5 Å². The number of rotatable bonds is 3. The number of pyridine rings is 1. The summed E-state index contributed by atoms with van der Waals surface area (Å²) in [5.74, 6) is 0.166. The molecule has 0 amide bonds. The molecule has 0 fully saturated rings. The maximum atomic E-state index is 12.4. The largest absolute Gasteiger partial charge is 0.381 e. The van der Waals surface area contributed by atoms with Crippen molar-refractivity contribution in [3.05, 3.63) is 34.4 Å². The van der Waals surface area contributed by atoms with Crippen LogP contribution in [0.15, 0.2) is 39.4 Å². The first kappa shape index (κ1) is 13.3. The van der Waals surface area contributed by atoms with E-state index in [1.54, 1.807) is 23.7 Å². The predicted molar refractivity (Wildman–Crippen MR) is 80.2 cm³/mol. The van der Waals surface area contributed by atoms with Crippen LogP contribution in [0.2, 0.25) is 0 Å². The number of thiazole rings is 1. The lowest BCUT2D eigenvalue weighted by Crippen LogP contribution is -2.17. The van der Waals surface area contributed by atoms with E-state index in [0.29, 0.717) is 4.96 Å². The molecule has 0 saturated carbocycles. The Morgan fingerprint density at radius 1 is 1.40 bits per heavy atom. The second-order valence-corrected chi connectivity index (χ2v) is 7.21. The predicted octanol–water partition coefficient (Wildman–Crippen LogP) is 1.94. The van der Waals surface area contributed by atoms with Crippen LogP contribution in [0.3, 0.4) is 0 Å². The minimum atomic E-state index is -3.86. The monoisotopic (exact) mass is 373 g/mol. The van der Waals surface area contributed by atoms with Gasteiger partial charge >= 0.3 is 0 Å². The van der Waals surface area contributed by atoms with Crippen molar-refractivity contribution in [1.82, 2.24) is 14.4 Å². The summed E-state index contributed by atoms with van der Waals surface area (Å²) in [5, 5.41) is 1.65. The number of fused-ring (bicyclic) bond motifs is 1. The highest BCUT2D eigenvalue weighted by atomic mass is 79.9. The third-order valence-electron chi connectivity index (χ3n) is 2.46. The zero-order valence-electron chi connectivity index (χ0n) is 9.82. The molecule has 20 heavy (non-hydrogen) atoms. The lowest BCUT2D eigenvalue weighted by atomic mass is 10.5. The summed E-state index contributed by atoms with van der Waals surface area (Å²) in [6.45, 7) is 0. The summed E-state index contributed by atoms with van der Waals surface area (Å²) >= 11 is 4.53. The Morgan fingerprint density at radius 3 is 2.90 bits per heavy atom. The molecule has 0 aliphatic rings. The number of nitrogens with two attached hydrogens (primary N) is 1. The molecule has 10 heteroatoms. The fourth-order valence-corrected chi connectivity index (χ4v) is 3.90. The summed E-state index contributed by atoms with van der Waals surface area (Å²) in [7, 11) is -3.86. The summed E-state index contributed by atoms with van der Waals surface area (Å²) in [6.07, 6.45) is 3.10. The van der Waals surface area contributed by atoms with Gasteiger partial charge in [-0.2, -0.15) is 8.42 Å². The molecule has 0 unspecified atom stereocenters. The van der Waals surface area contributed by atoms with E-state index in [4.69, 9.17) is 5.73 Å². The van der Waals surface area contributed by atoms with E-state index in [0.717, 1.165) is 4.47 Å². The smallest absolute Gasteiger partial charge is 0.282 e. The number of halogens is 1. The molecule has 0 aromatic carbocycles. The fourth-order valence-electron chi connectivity index (χ4n) is 1.67. The molecule has 104 valence electrons. The highest BCUT2D eigenvalue weighted by Crippen LogP contribution is 2.25. The molecular weight excluding hydrogens is 366 g/mol. The van der Waals surface area contributed by atoms with Crippen molar-refractivity contribution in [2.75, 3.05) is 10.5 Å². The maximum absolute atomic E-state index is 12.4. The summed E-state index contributed by atoms with van der Waals surface area (Å²) in [6, 6.07) is 3.23. The van der Waals surface area contributed by atoms with Crippen molar-refractivity contribution < 1.29 is 8.42 Å². The van der Waals surface area contributed by atoms with Gasteiger partial charge in [-0.25, -0.2) is 9.97 Å². The molecule has 0 aliphatic heterocycles. The Bertz CT molecular complexity index is 869. The molecule has 0 spiro atoms. The van der Waals surface area contributed by atoms with Crippen LogP contribution in [-0.4, -0.2) is 22.8 Å². The Kier molecular flexibility index (Phi) is 3.15. The molecule has 0 radical (unpaired) electrons. The van der Waals surface area contributed by atoms with Crippen molar-refractivity contribution in [2.45, 2.75) is 5.03 Å². The Labute approximate surface area is 126 Å². The molecular formula is C10H8BrN5O2S2. The van der Waals surface area contributed by atoms with Crippen LogP contribution in [0.4, 0.5) is 11.6 Å². The molecule has 0 bridgehead atoms. The van der Waals surface area contributed by atoms with Crippen molar-refractivity contribution in [1.29, 1.82) is 0 Å². The number of anilines is 2. The van der Waals surface area contributed by atoms with E-state index in [2.05, 4.69) is 30.6 Å².